The van der Waals surface area contributed by atoms with Gasteiger partial charge in [0.2, 0.25) is 0 Å². The third-order valence-electron chi connectivity index (χ3n) is 3.53. The molecular weight excluding hydrogens is 316 g/mol. The number of benzene rings is 2. The molecule has 0 fully saturated rings. The number of rotatable bonds is 8. The zero-order chi connectivity index (χ0) is 18.1. The Bertz CT molecular complexity index is 711. The van der Waals surface area contributed by atoms with Crippen molar-refractivity contribution < 1.29 is 14.3 Å². The van der Waals surface area contributed by atoms with Gasteiger partial charge in [0.1, 0.15) is 5.75 Å². The van der Waals surface area contributed by atoms with Crippen molar-refractivity contribution in [2.24, 2.45) is 0 Å². The summed E-state index contributed by atoms with van der Waals surface area (Å²) in [5, 5.41) is 5.65. The summed E-state index contributed by atoms with van der Waals surface area (Å²) < 4.78 is 5.62. The molecule has 0 saturated heterocycles. The van der Waals surface area contributed by atoms with E-state index in [0.717, 1.165) is 12.8 Å². The Morgan fingerprint density at radius 2 is 1.64 bits per heavy atom. The van der Waals surface area contributed by atoms with Gasteiger partial charge in [-0.05, 0) is 49.2 Å². The fourth-order valence-corrected chi connectivity index (χ4v) is 2.24. The van der Waals surface area contributed by atoms with E-state index in [4.69, 9.17) is 4.74 Å². The van der Waals surface area contributed by atoms with Crippen LogP contribution in [0.25, 0.3) is 0 Å². The highest BCUT2D eigenvalue weighted by atomic mass is 16.5. The van der Waals surface area contributed by atoms with Gasteiger partial charge in [0.05, 0.1) is 12.2 Å². The summed E-state index contributed by atoms with van der Waals surface area (Å²) >= 11 is 0. The predicted octanol–water partition coefficient (Wildman–Crippen LogP) is 3.87. The first kappa shape index (κ1) is 18.5. The van der Waals surface area contributed by atoms with E-state index in [1.807, 2.05) is 19.9 Å². The highest BCUT2D eigenvalue weighted by molar-refractivity contribution is 6.06. The van der Waals surface area contributed by atoms with E-state index in [1.165, 1.54) is 0 Å². The standard InChI is InChI=1S/C20H24N2O3/c1-3-13-21-19(23)15-9-11-16(12-10-15)22-20(24)17-7-5-6-8-18(17)25-14-4-2/h5-12H,3-4,13-14H2,1-2H3,(H,21,23)(H,22,24). The minimum Gasteiger partial charge on any atom is -0.493 e. The summed E-state index contributed by atoms with van der Waals surface area (Å²) in [6.45, 7) is 5.22. The minimum absolute atomic E-state index is 0.113. The van der Waals surface area contributed by atoms with Gasteiger partial charge in [0.25, 0.3) is 11.8 Å². The van der Waals surface area contributed by atoms with Crippen LogP contribution >= 0.6 is 0 Å². The topological polar surface area (TPSA) is 67.4 Å². The second-order valence-corrected chi connectivity index (χ2v) is 5.63. The number of ether oxygens (including phenoxy) is 1. The van der Waals surface area contributed by atoms with E-state index >= 15 is 0 Å². The van der Waals surface area contributed by atoms with E-state index in [9.17, 15) is 9.59 Å². The highest BCUT2D eigenvalue weighted by Crippen LogP contribution is 2.20. The second kappa shape index (κ2) is 9.47. The fourth-order valence-electron chi connectivity index (χ4n) is 2.24. The van der Waals surface area contributed by atoms with Gasteiger partial charge < -0.3 is 15.4 Å². The Morgan fingerprint density at radius 1 is 0.920 bits per heavy atom. The molecule has 2 rings (SSSR count). The van der Waals surface area contributed by atoms with Gasteiger partial charge in [0, 0.05) is 17.8 Å². The lowest BCUT2D eigenvalue weighted by Gasteiger charge is -2.11. The SMILES string of the molecule is CCCNC(=O)c1ccc(NC(=O)c2ccccc2OCCC)cc1. The number of hydrogen-bond acceptors (Lipinski definition) is 3. The molecule has 2 aromatic carbocycles. The molecule has 0 unspecified atom stereocenters. The summed E-state index contributed by atoms with van der Waals surface area (Å²) in [4.78, 5) is 24.4. The molecule has 0 aliphatic carbocycles. The van der Waals surface area contributed by atoms with Gasteiger partial charge in [-0.1, -0.05) is 26.0 Å². The Morgan fingerprint density at radius 3 is 2.32 bits per heavy atom. The Kier molecular flexibility index (Phi) is 7.01. The molecule has 0 bridgehead atoms. The van der Waals surface area contributed by atoms with E-state index < -0.39 is 0 Å². The molecule has 0 atom stereocenters. The van der Waals surface area contributed by atoms with Gasteiger partial charge in [-0.3, -0.25) is 9.59 Å². The van der Waals surface area contributed by atoms with Crippen molar-refractivity contribution >= 4 is 17.5 Å². The van der Waals surface area contributed by atoms with E-state index in [2.05, 4.69) is 10.6 Å². The van der Waals surface area contributed by atoms with E-state index in [1.54, 1.807) is 42.5 Å². The largest absolute Gasteiger partial charge is 0.493 e. The lowest BCUT2D eigenvalue weighted by atomic mass is 10.1. The second-order valence-electron chi connectivity index (χ2n) is 5.63. The quantitative estimate of drug-likeness (QED) is 0.766. The molecule has 2 aromatic rings. The number of carbonyl (C=O) groups is 2. The third kappa shape index (κ3) is 5.35. The fraction of sp³-hybridized carbons (Fsp3) is 0.300. The smallest absolute Gasteiger partial charge is 0.259 e. The molecule has 0 aliphatic rings. The van der Waals surface area contributed by atoms with Crippen LogP contribution in [-0.2, 0) is 0 Å². The lowest BCUT2D eigenvalue weighted by molar-refractivity contribution is 0.0953. The van der Waals surface area contributed by atoms with Gasteiger partial charge in [-0.25, -0.2) is 0 Å². The average Bonchev–Trinajstić information content (AvgIpc) is 2.65. The van der Waals surface area contributed by atoms with Gasteiger partial charge in [0.15, 0.2) is 0 Å². The first-order valence-corrected chi connectivity index (χ1v) is 8.57. The third-order valence-corrected chi connectivity index (χ3v) is 3.53. The van der Waals surface area contributed by atoms with E-state index in [-0.39, 0.29) is 11.8 Å². The molecule has 0 radical (unpaired) electrons. The zero-order valence-electron chi connectivity index (χ0n) is 14.7. The molecule has 25 heavy (non-hydrogen) atoms. The number of amides is 2. The summed E-state index contributed by atoms with van der Waals surface area (Å²) in [6, 6.07) is 14.0. The Balaban J connectivity index is 2.05. The van der Waals surface area contributed by atoms with Gasteiger partial charge >= 0.3 is 0 Å². The number of para-hydroxylation sites is 1. The van der Waals surface area contributed by atoms with Crippen molar-refractivity contribution in [1.82, 2.24) is 5.32 Å². The maximum Gasteiger partial charge on any atom is 0.259 e. The van der Waals surface area contributed by atoms with Crippen molar-refractivity contribution in [3.8, 4) is 5.75 Å². The van der Waals surface area contributed by atoms with Crippen molar-refractivity contribution in [1.29, 1.82) is 0 Å². The summed E-state index contributed by atoms with van der Waals surface area (Å²) in [5.74, 6) is 0.213. The summed E-state index contributed by atoms with van der Waals surface area (Å²) in [6.07, 6.45) is 1.76. The number of carbonyl (C=O) groups excluding carboxylic acids is 2. The van der Waals surface area contributed by atoms with Gasteiger partial charge in [-0.2, -0.15) is 0 Å². The first-order chi connectivity index (χ1) is 12.2. The maximum atomic E-state index is 12.5. The molecule has 2 N–H and O–H groups in total. The number of hydrogen-bond donors (Lipinski definition) is 2. The maximum absolute atomic E-state index is 12.5. The molecule has 0 heterocycles. The number of anilines is 1. The van der Waals surface area contributed by atoms with Crippen LogP contribution in [-0.4, -0.2) is 25.0 Å². The molecule has 0 aliphatic heterocycles. The molecule has 0 saturated carbocycles. The van der Waals surface area contributed by atoms with Crippen LogP contribution in [0.1, 0.15) is 47.4 Å². The van der Waals surface area contributed by atoms with Gasteiger partial charge in [-0.15, -0.1) is 0 Å². The van der Waals surface area contributed by atoms with Crippen LogP contribution < -0.4 is 15.4 Å². The van der Waals surface area contributed by atoms with E-state index in [0.29, 0.717) is 35.7 Å². The molecule has 5 nitrogen and oxygen atoms in total. The molecule has 132 valence electrons. The monoisotopic (exact) mass is 340 g/mol. The highest BCUT2D eigenvalue weighted by Gasteiger charge is 2.12. The summed E-state index contributed by atoms with van der Waals surface area (Å²) in [5.41, 5.74) is 1.68. The lowest BCUT2D eigenvalue weighted by Crippen LogP contribution is -2.23. The molecular formula is C20H24N2O3. The molecule has 0 aromatic heterocycles. The van der Waals surface area contributed by atoms with Crippen LogP contribution in [0.3, 0.4) is 0 Å². The first-order valence-electron chi connectivity index (χ1n) is 8.57. The van der Waals surface area contributed by atoms with Crippen molar-refractivity contribution in [3.05, 3.63) is 59.7 Å². The Labute approximate surface area is 148 Å². The normalized spacial score (nSPS) is 10.2. The van der Waals surface area contributed by atoms with Crippen LogP contribution in [0, 0.1) is 0 Å². The average molecular weight is 340 g/mol. The van der Waals surface area contributed by atoms with Crippen LogP contribution in [0.15, 0.2) is 48.5 Å². The zero-order valence-corrected chi connectivity index (χ0v) is 14.7. The summed E-state index contributed by atoms with van der Waals surface area (Å²) in [7, 11) is 0. The van der Waals surface area contributed by atoms with Crippen molar-refractivity contribution in [3.63, 3.8) is 0 Å². The van der Waals surface area contributed by atoms with Crippen LogP contribution in [0.5, 0.6) is 5.75 Å². The minimum atomic E-state index is -0.241. The number of nitrogens with one attached hydrogen (secondary N) is 2. The van der Waals surface area contributed by atoms with Crippen molar-refractivity contribution in [2.45, 2.75) is 26.7 Å². The predicted molar refractivity (Wildman–Crippen MR) is 99.2 cm³/mol. The molecule has 2 amide bonds. The Hall–Kier alpha value is -2.82. The van der Waals surface area contributed by atoms with Crippen LogP contribution in [0.4, 0.5) is 5.69 Å². The van der Waals surface area contributed by atoms with Crippen molar-refractivity contribution in [2.75, 3.05) is 18.5 Å². The van der Waals surface area contributed by atoms with Crippen LogP contribution in [0.2, 0.25) is 0 Å². The molecule has 5 heteroatoms. The molecule has 0 spiro atoms.